The van der Waals surface area contributed by atoms with Crippen molar-refractivity contribution in [3.05, 3.63) is 24.3 Å². The van der Waals surface area contributed by atoms with Crippen LogP contribution in [-0.2, 0) is 33.3 Å². The SMILES string of the molecule is CCCCCCCCCC/C=C\CCCCCCCCCCCCCCCCCCCCCCCCCCCCCC(=O)OC(COC(=O)CCCCCCCCCCCCC/C=C\CCCCCCCCCC)COC(OCC[N+](C)(C)C)C(=O)[O-]. The van der Waals surface area contributed by atoms with Crippen LogP contribution < -0.4 is 5.11 Å². The lowest BCUT2D eigenvalue weighted by Gasteiger charge is -2.26. The number of carboxylic acid groups (broad SMARTS) is 1. The first kappa shape index (κ1) is 84.8. The topological polar surface area (TPSA) is 111 Å². The van der Waals surface area contributed by atoms with Crippen molar-refractivity contribution in [2.45, 2.75) is 411 Å². The Kier molecular flexibility index (Phi) is 67.9. The van der Waals surface area contributed by atoms with Gasteiger partial charge in [0.05, 0.1) is 40.3 Å². The van der Waals surface area contributed by atoms with E-state index in [9.17, 15) is 19.5 Å². The van der Waals surface area contributed by atoms with E-state index in [2.05, 4.69) is 38.2 Å². The molecule has 0 amide bonds. The number of quaternary nitrogens is 1. The maximum atomic E-state index is 13.0. The molecule has 0 saturated carbocycles. The summed E-state index contributed by atoms with van der Waals surface area (Å²) in [5, 5.41) is 11.8. The van der Waals surface area contributed by atoms with E-state index in [1.807, 2.05) is 21.1 Å². The molecule has 87 heavy (non-hydrogen) atoms. The van der Waals surface area contributed by atoms with Crippen molar-refractivity contribution < 1.29 is 42.9 Å². The zero-order valence-corrected chi connectivity index (χ0v) is 58.9. The van der Waals surface area contributed by atoms with E-state index in [1.165, 1.54) is 334 Å². The van der Waals surface area contributed by atoms with Gasteiger partial charge in [-0.25, -0.2) is 0 Å². The number of nitrogens with zero attached hydrogens (tertiary/aromatic N) is 1. The predicted octanol–water partition coefficient (Wildman–Crippen LogP) is 22.8. The normalized spacial score (nSPS) is 12.7. The van der Waals surface area contributed by atoms with Gasteiger partial charge in [-0.3, -0.25) is 9.59 Å². The Morgan fingerprint density at radius 1 is 0.333 bits per heavy atom. The Hall–Kier alpha value is -2.23. The van der Waals surface area contributed by atoms with Crippen molar-refractivity contribution in [2.24, 2.45) is 0 Å². The van der Waals surface area contributed by atoms with Gasteiger partial charge in [-0.05, 0) is 64.2 Å². The minimum absolute atomic E-state index is 0.151. The first-order chi connectivity index (χ1) is 42.6. The first-order valence-electron chi connectivity index (χ1n) is 38.5. The lowest BCUT2D eigenvalue weighted by atomic mass is 10.0. The van der Waals surface area contributed by atoms with Crippen LogP contribution in [0.4, 0.5) is 0 Å². The van der Waals surface area contributed by atoms with Crippen LogP contribution in [0.3, 0.4) is 0 Å². The first-order valence-corrected chi connectivity index (χ1v) is 38.5. The zero-order chi connectivity index (χ0) is 63.3. The molecule has 0 heterocycles. The van der Waals surface area contributed by atoms with E-state index in [0.717, 1.165) is 38.5 Å². The monoisotopic (exact) mass is 1230 g/mol. The van der Waals surface area contributed by atoms with Crippen molar-refractivity contribution in [2.75, 3.05) is 47.5 Å². The maximum Gasteiger partial charge on any atom is 0.306 e. The number of hydrogen-bond donors (Lipinski definition) is 0. The Bertz CT molecular complexity index is 1480. The van der Waals surface area contributed by atoms with Crippen LogP contribution in [0.15, 0.2) is 24.3 Å². The summed E-state index contributed by atoms with van der Waals surface area (Å²) >= 11 is 0. The van der Waals surface area contributed by atoms with Crippen molar-refractivity contribution in [3.63, 3.8) is 0 Å². The largest absolute Gasteiger partial charge is 0.545 e. The number of esters is 2. The molecule has 0 aliphatic rings. The van der Waals surface area contributed by atoms with Gasteiger partial charge in [0.2, 0.25) is 0 Å². The number of allylic oxidation sites excluding steroid dienone is 4. The number of carbonyl (C=O) groups excluding carboxylic acids is 3. The highest BCUT2D eigenvalue weighted by molar-refractivity contribution is 5.70. The Balaban J connectivity index is 3.95. The van der Waals surface area contributed by atoms with Crippen LogP contribution in [0, 0.1) is 0 Å². The molecule has 0 rings (SSSR count). The predicted molar refractivity (Wildman–Crippen MR) is 371 cm³/mol. The summed E-state index contributed by atoms with van der Waals surface area (Å²) in [5.41, 5.74) is 0. The standard InChI is InChI=1S/C78H149NO8/c1-6-8-10-12-14-16-18-20-22-24-26-28-30-31-32-33-34-35-36-37-38-39-40-41-42-43-44-45-47-49-51-53-55-57-59-61-63-65-67-69-76(81)87-74(73-86-78(77(82)83)84-71-70-79(3,4)5)72-85-75(80)68-66-64-62-60-58-56-54-52-50-48-46-29-27-25-23-21-19-17-15-13-11-9-7-2/h24-27,74,78H,6-23,28-73H2,1-5H3/b26-24-,27-25-. The smallest absolute Gasteiger partial charge is 0.306 e. The van der Waals surface area contributed by atoms with Gasteiger partial charge in [0.25, 0.3) is 0 Å². The minimum Gasteiger partial charge on any atom is -0.545 e. The van der Waals surface area contributed by atoms with Gasteiger partial charge in [-0.15, -0.1) is 0 Å². The molecule has 0 aromatic carbocycles. The summed E-state index contributed by atoms with van der Waals surface area (Å²) < 4.78 is 22.8. The van der Waals surface area contributed by atoms with Gasteiger partial charge in [0.1, 0.15) is 13.2 Å². The van der Waals surface area contributed by atoms with Gasteiger partial charge in [-0.1, -0.05) is 346 Å². The van der Waals surface area contributed by atoms with E-state index in [1.54, 1.807) is 0 Å². The number of aliphatic carboxylic acids is 1. The van der Waals surface area contributed by atoms with Gasteiger partial charge in [-0.2, -0.15) is 0 Å². The minimum atomic E-state index is -1.62. The zero-order valence-electron chi connectivity index (χ0n) is 58.9. The second kappa shape index (κ2) is 69.7. The molecule has 0 aliphatic carbocycles. The lowest BCUT2D eigenvalue weighted by molar-refractivity contribution is -0.870. The molecule has 0 spiro atoms. The molecule has 514 valence electrons. The van der Waals surface area contributed by atoms with E-state index < -0.39 is 24.3 Å². The molecule has 0 fully saturated rings. The summed E-state index contributed by atoms with van der Waals surface area (Å²) in [6.45, 7) is 4.82. The van der Waals surface area contributed by atoms with Gasteiger partial charge in [0, 0.05) is 12.8 Å². The molecule has 0 saturated heterocycles. The highest BCUT2D eigenvalue weighted by Gasteiger charge is 2.22. The second-order valence-electron chi connectivity index (χ2n) is 27.6. The number of rotatable bonds is 73. The summed E-state index contributed by atoms with van der Waals surface area (Å²) in [5.74, 6) is -2.25. The lowest BCUT2D eigenvalue weighted by Crippen LogP contribution is -2.44. The van der Waals surface area contributed by atoms with E-state index in [-0.39, 0.29) is 32.2 Å². The summed E-state index contributed by atoms with van der Waals surface area (Å²) in [7, 11) is 5.95. The van der Waals surface area contributed by atoms with Crippen LogP contribution in [-0.4, -0.2) is 82.3 Å². The second-order valence-corrected chi connectivity index (χ2v) is 27.6. The van der Waals surface area contributed by atoms with E-state index in [0.29, 0.717) is 17.4 Å². The number of likely N-dealkylation sites (N-methyl/N-ethyl adjacent to an activating group) is 1. The molecule has 0 radical (unpaired) electrons. The molecular weight excluding hydrogens is 1080 g/mol. The Morgan fingerprint density at radius 3 is 0.851 bits per heavy atom. The molecule has 2 unspecified atom stereocenters. The van der Waals surface area contributed by atoms with Gasteiger partial charge < -0.3 is 33.3 Å². The van der Waals surface area contributed by atoms with Crippen LogP contribution in [0.25, 0.3) is 0 Å². The van der Waals surface area contributed by atoms with E-state index >= 15 is 0 Å². The summed E-state index contributed by atoms with van der Waals surface area (Å²) in [6, 6.07) is 0. The van der Waals surface area contributed by atoms with Crippen LogP contribution in [0.5, 0.6) is 0 Å². The highest BCUT2D eigenvalue weighted by Crippen LogP contribution is 2.19. The fourth-order valence-corrected chi connectivity index (χ4v) is 11.8. The van der Waals surface area contributed by atoms with Crippen LogP contribution >= 0.6 is 0 Å². The summed E-state index contributed by atoms with van der Waals surface area (Å²) in [6.07, 6.45) is 84.4. The quantitative estimate of drug-likeness (QED) is 0.0195. The molecule has 2 atom stereocenters. The fraction of sp³-hybridized carbons (Fsp3) is 0.910. The summed E-state index contributed by atoms with van der Waals surface area (Å²) in [4.78, 5) is 37.5. The maximum absolute atomic E-state index is 13.0. The molecule has 9 nitrogen and oxygen atoms in total. The third kappa shape index (κ3) is 71.1. The van der Waals surface area contributed by atoms with Crippen molar-refractivity contribution >= 4 is 17.9 Å². The highest BCUT2D eigenvalue weighted by atomic mass is 16.7. The molecule has 0 N–H and O–H groups in total. The third-order valence-electron chi connectivity index (χ3n) is 17.7. The Morgan fingerprint density at radius 2 is 0.586 bits per heavy atom. The molecule has 0 aliphatic heterocycles. The van der Waals surface area contributed by atoms with E-state index in [4.69, 9.17) is 18.9 Å². The third-order valence-corrected chi connectivity index (χ3v) is 17.7. The molecule has 0 bridgehead atoms. The van der Waals surface area contributed by atoms with Gasteiger partial charge >= 0.3 is 11.9 Å². The van der Waals surface area contributed by atoms with Crippen molar-refractivity contribution in [3.8, 4) is 0 Å². The van der Waals surface area contributed by atoms with Gasteiger partial charge in [0.15, 0.2) is 12.4 Å². The Labute approximate surface area is 541 Å². The average molecular weight is 1230 g/mol. The number of ether oxygens (including phenoxy) is 4. The van der Waals surface area contributed by atoms with Crippen LogP contribution in [0.2, 0.25) is 0 Å². The van der Waals surface area contributed by atoms with Crippen molar-refractivity contribution in [1.29, 1.82) is 0 Å². The molecule has 0 aromatic rings. The van der Waals surface area contributed by atoms with Crippen LogP contribution in [0.1, 0.15) is 399 Å². The average Bonchev–Trinajstić information content (AvgIpc) is 3.55. The van der Waals surface area contributed by atoms with Crippen molar-refractivity contribution in [1.82, 2.24) is 0 Å². The fourth-order valence-electron chi connectivity index (χ4n) is 11.8. The number of hydrogen-bond acceptors (Lipinski definition) is 8. The molecule has 0 aromatic heterocycles. The molecular formula is C78H149NO8. The number of carboxylic acids is 1. The number of carbonyl (C=O) groups is 3. The molecule has 9 heteroatoms. The number of unbranched alkanes of at least 4 members (excludes halogenated alkanes) is 54.